The number of amides is 1. The minimum atomic E-state index is -0.466. The van der Waals surface area contributed by atoms with E-state index in [-0.39, 0.29) is 6.04 Å². The molecule has 3 N–H and O–H groups in total. The third-order valence-electron chi connectivity index (χ3n) is 2.99. The van der Waals surface area contributed by atoms with Crippen LogP contribution < -0.4 is 11.1 Å². The van der Waals surface area contributed by atoms with Gasteiger partial charge in [-0.1, -0.05) is 23.7 Å². The zero-order valence-electron chi connectivity index (χ0n) is 10.9. The fourth-order valence-corrected chi connectivity index (χ4v) is 2.39. The molecule has 3 nitrogen and oxygen atoms in total. The van der Waals surface area contributed by atoms with Gasteiger partial charge in [0.05, 0.1) is 10.7 Å². The smallest absolute Gasteiger partial charge is 0.248 e. The Kier molecular flexibility index (Phi) is 4.88. The minimum absolute atomic E-state index is 0.0765. The molecule has 2 rings (SSSR count). The number of carbonyl (C=O) groups excluding carboxylic acids is 1. The van der Waals surface area contributed by atoms with Crippen LogP contribution in [0.15, 0.2) is 42.5 Å². The molecule has 1 amide bonds. The van der Waals surface area contributed by atoms with E-state index in [4.69, 9.17) is 17.3 Å². The average molecular weight is 401 g/mol. The highest BCUT2D eigenvalue weighted by molar-refractivity contribution is 14.1. The first-order chi connectivity index (χ1) is 9.47. The summed E-state index contributed by atoms with van der Waals surface area (Å²) in [5.41, 5.74) is 7.56. The highest BCUT2D eigenvalue weighted by Crippen LogP contribution is 2.27. The van der Waals surface area contributed by atoms with Crippen molar-refractivity contribution < 1.29 is 4.79 Å². The lowest BCUT2D eigenvalue weighted by Crippen LogP contribution is -2.12. The Bertz CT molecular complexity index is 628. The molecule has 0 heterocycles. The fraction of sp³-hybridized carbons (Fsp3) is 0.133. The fourth-order valence-electron chi connectivity index (χ4n) is 1.86. The van der Waals surface area contributed by atoms with Crippen molar-refractivity contribution in [3.63, 3.8) is 0 Å². The zero-order valence-corrected chi connectivity index (χ0v) is 13.8. The number of primary amides is 1. The van der Waals surface area contributed by atoms with Gasteiger partial charge in [0.15, 0.2) is 0 Å². The molecule has 2 aromatic carbocycles. The molecule has 0 aromatic heterocycles. The van der Waals surface area contributed by atoms with E-state index in [1.54, 1.807) is 18.2 Å². The van der Waals surface area contributed by atoms with Gasteiger partial charge in [-0.3, -0.25) is 4.79 Å². The molecule has 0 aliphatic rings. The number of rotatable bonds is 4. The molecule has 104 valence electrons. The van der Waals surface area contributed by atoms with Crippen LogP contribution in [0.4, 0.5) is 5.69 Å². The second-order valence-electron chi connectivity index (χ2n) is 4.48. The number of hydrogen-bond acceptors (Lipinski definition) is 2. The maximum absolute atomic E-state index is 11.2. The van der Waals surface area contributed by atoms with E-state index in [2.05, 4.69) is 52.2 Å². The molecular formula is C15H14ClIN2O. The van der Waals surface area contributed by atoms with Gasteiger partial charge in [-0.2, -0.15) is 0 Å². The van der Waals surface area contributed by atoms with Crippen molar-refractivity contribution in [3.8, 4) is 0 Å². The van der Waals surface area contributed by atoms with Gasteiger partial charge in [-0.25, -0.2) is 0 Å². The summed E-state index contributed by atoms with van der Waals surface area (Å²) in [4.78, 5) is 11.2. The topological polar surface area (TPSA) is 55.1 Å². The SMILES string of the molecule is CC(Nc1cc(C(N)=O)ccc1Cl)c1ccc(I)cc1. The Morgan fingerprint density at radius 1 is 1.25 bits per heavy atom. The molecule has 0 aliphatic carbocycles. The monoisotopic (exact) mass is 400 g/mol. The van der Waals surface area contributed by atoms with Gasteiger partial charge in [0.1, 0.15) is 0 Å². The Morgan fingerprint density at radius 2 is 1.90 bits per heavy atom. The maximum Gasteiger partial charge on any atom is 0.248 e. The van der Waals surface area contributed by atoms with E-state index in [1.165, 1.54) is 3.57 Å². The summed E-state index contributed by atoms with van der Waals surface area (Å²) in [5.74, 6) is -0.466. The molecule has 0 saturated carbocycles. The number of carbonyl (C=O) groups is 1. The first-order valence-corrected chi connectivity index (χ1v) is 7.54. The third-order valence-corrected chi connectivity index (χ3v) is 4.04. The highest BCUT2D eigenvalue weighted by atomic mass is 127. The number of benzene rings is 2. The lowest BCUT2D eigenvalue weighted by atomic mass is 10.1. The molecule has 0 radical (unpaired) electrons. The number of nitrogens with one attached hydrogen (secondary N) is 1. The van der Waals surface area contributed by atoms with E-state index >= 15 is 0 Å². The van der Waals surface area contributed by atoms with Crippen molar-refractivity contribution in [3.05, 3.63) is 62.2 Å². The molecule has 1 atom stereocenters. The van der Waals surface area contributed by atoms with Crippen molar-refractivity contribution in [2.75, 3.05) is 5.32 Å². The first kappa shape index (κ1) is 15.1. The van der Waals surface area contributed by atoms with Gasteiger partial charge < -0.3 is 11.1 Å². The first-order valence-electron chi connectivity index (χ1n) is 6.08. The normalized spacial score (nSPS) is 11.9. The molecule has 1 unspecified atom stereocenters. The van der Waals surface area contributed by atoms with Crippen molar-refractivity contribution in [2.24, 2.45) is 5.73 Å². The second-order valence-corrected chi connectivity index (χ2v) is 6.13. The zero-order chi connectivity index (χ0) is 14.7. The molecule has 20 heavy (non-hydrogen) atoms. The van der Waals surface area contributed by atoms with Gasteiger partial charge >= 0.3 is 0 Å². The van der Waals surface area contributed by atoms with Gasteiger partial charge in [-0.05, 0) is 65.4 Å². The lowest BCUT2D eigenvalue weighted by Gasteiger charge is -2.17. The van der Waals surface area contributed by atoms with Crippen LogP contribution in [-0.2, 0) is 0 Å². The van der Waals surface area contributed by atoms with Crippen LogP contribution >= 0.6 is 34.2 Å². The molecule has 0 saturated heterocycles. The lowest BCUT2D eigenvalue weighted by molar-refractivity contribution is 0.100. The minimum Gasteiger partial charge on any atom is -0.377 e. The quantitative estimate of drug-likeness (QED) is 0.755. The standard InChI is InChI=1S/C15H14ClIN2O/c1-9(10-2-5-12(17)6-3-10)19-14-8-11(15(18)20)4-7-13(14)16/h2-9,19H,1H3,(H2,18,20). The molecule has 0 aliphatic heterocycles. The van der Waals surface area contributed by atoms with Gasteiger partial charge in [0.2, 0.25) is 5.91 Å². The van der Waals surface area contributed by atoms with E-state index in [0.29, 0.717) is 16.3 Å². The number of anilines is 1. The van der Waals surface area contributed by atoms with Crippen LogP contribution in [0.25, 0.3) is 0 Å². The van der Waals surface area contributed by atoms with Crippen LogP contribution in [0.2, 0.25) is 5.02 Å². The summed E-state index contributed by atoms with van der Waals surface area (Å²) >= 11 is 8.41. The maximum atomic E-state index is 11.2. The predicted molar refractivity (Wildman–Crippen MR) is 91.2 cm³/mol. The molecular weight excluding hydrogens is 387 g/mol. The van der Waals surface area contributed by atoms with E-state index in [0.717, 1.165) is 5.56 Å². The molecule has 0 spiro atoms. The van der Waals surface area contributed by atoms with Gasteiger partial charge in [0.25, 0.3) is 0 Å². The van der Waals surface area contributed by atoms with Crippen molar-refractivity contribution >= 4 is 45.8 Å². The predicted octanol–water partition coefficient (Wildman–Crippen LogP) is 4.22. The Balaban J connectivity index is 2.22. The van der Waals surface area contributed by atoms with Crippen LogP contribution in [0.3, 0.4) is 0 Å². The highest BCUT2D eigenvalue weighted by Gasteiger charge is 2.10. The largest absolute Gasteiger partial charge is 0.377 e. The summed E-state index contributed by atoms with van der Waals surface area (Å²) < 4.78 is 1.19. The van der Waals surface area contributed by atoms with Crippen LogP contribution in [-0.4, -0.2) is 5.91 Å². The van der Waals surface area contributed by atoms with E-state index in [1.807, 2.05) is 6.92 Å². The Morgan fingerprint density at radius 3 is 2.50 bits per heavy atom. The van der Waals surface area contributed by atoms with Crippen LogP contribution in [0.5, 0.6) is 0 Å². The van der Waals surface area contributed by atoms with Crippen LogP contribution in [0.1, 0.15) is 28.9 Å². The van der Waals surface area contributed by atoms with Crippen molar-refractivity contribution in [1.82, 2.24) is 0 Å². The summed E-state index contributed by atoms with van der Waals surface area (Å²) in [6, 6.07) is 13.3. The Labute approximate surface area is 136 Å². The van der Waals surface area contributed by atoms with Gasteiger partial charge in [-0.15, -0.1) is 0 Å². The number of hydrogen-bond donors (Lipinski definition) is 2. The number of halogens is 2. The molecule has 0 bridgehead atoms. The average Bonchev–Trinajstić information content (AvgIpc) is 2.41. The summed E-state index contributed by atoms with van der Waals surface area (Å²) in [7, 11) is 0. The third kappa shape index (κ3) is 3.64. The van der Waals surface area contributed by atoms with Gasteiger partial charge in [0, 0.05) is 15.2 Å². The molecule has 0 fully saturated rings. The van der Waals surface area contributed by atoms with E-state index in [9.17, 15) is 4.79 Å². The summed E-state index contributed by atoms with van der Waals surface area (Å²) in [6.07, 6.45) is 0. The van der Waals surface area contributed by atoms with Crippen LogP contribution in [0, 0.1) is 3.57 Å². The molecule has 5 heteroatoms. The van der Waals surface area contributed by atoms with Crippen molar-refractivity contribution in [1.29, 1.82) is 0 Å². The summed E-state index contributed by atoms with van der Waals surface area (Å²) in [6.45, 7) is 2.04. The molecule has 2 aromatic rings. The summed E-state index contributed by atoms with van der Waals surface area (Å²) in [5, 5.41) is 3.86. The van der Waals surface area contributed by atoms with E-state index < -0.39 is 5.91 Å². The Hall–Kier alpha value is -1.27. The van der Waals surface area contributed by atoms with Crippen molar-refractivity contribution in [2.45, 2.75) is 13.0 Å². The number of nitrogens with two attached hydrogens (primary N) is 1. The second kappa shape index (κ2) is 6.45.